The van der Waals surface area contributed by atoms with E-state index in [1.165, 1.54) is 27.8 Å². The summed E-state index contributed by atoms with van der Waals surface area (Å²) in [5.41, 5.74) is 5.63. The van der Waals surface area contributed by atoms with Crippen LogP contribution in [-0.2, 0) is 19.5 Å². The van der Waals surface area contributed by atoms with Gasteiger partial charge >= 0.3 is 0 Å². The summed E-state index contributed by atoms with van der Waals surface area (Å²) < 4.78 is 0. The molecule has 0 radical (unpaired) electrons. The first kappa shape index (κ1) is 23.2. The van der Waals surface area contributed by atoms with Crippen molar-refractivity contribution in [2.45, 2.75) is 71.7 Å². The normalized spacial score (nSPS) is 12.8. The molecule has 0 saturated heterocycles. The third-order valence-corrected chi connectivity index (χ3v) is 6.57. The molecule has 0 bridgehead atoms. The molecular formula is C29H37NO. The second-order valence-electron chi connectivity index (χ2n) is 8.89. The number of nitrogens with zero attached hydrogens (tertiary/aromatic N) is 1. The van der Waals surface area contributed by atoms with Crippen LogP contribution in [0.3, 0.4) is 0 Å². The number of aliphatic hydroxyl groups is 1. The average molecular weight is 416 g/mol. The third-order valence-electron chi connectivity index (χ3n) is 6.57. The molecule has 0 amide bonds. The lowest BCUT2D eigenvalue weighted by Crippen LogP contribution is -2.53. The van der Waals surface area contributed by atoms with Crippen LogP contribution in [0.15, 0.2) is 78.9 Å². The van der Waals surface area contributed by atoms with Gasteiger partial charge in [0.05, 0.1) is 5.60 Å². The summed E-state index contributed by atoms with van der Waals surface area (Å²) in [5.74, 6) is 0. The lowest BCUT2D eigenvalue weighted by atomic mass is 9.83. The average Bonchev–Trinajstić information content (AvgIpc) is 2.80. The molecule has 1 N–H and O–H groups in total. The fraction of sp³-hybridized carbons (Fsp3) is 0.379. The van der Waals surface area contributed by atoms with Crippen molar-refractivity contribution in [1.82, 2.24) is 4.90 Å². The molecule has 0 heterocycles. The predicted molar refractivity (Wildman–Crippen MR) is 131 cm³/mol. The molecule has 0 aromatic heterocycles. The molecular weight excluding hydrogens is 378 g/mol. The van der Waals surface area contributed by atoms with Crippen LogP contribution in [0.25, 0.3) is 0 Å². The van der Waals surface area contributed by atoms with Crippen molar-refractivity contribution in [3.8, 4) is 0 Å². The summed E-state index contributed by atoms with van der Waals surface area (Å²) in [4.78, 5) is 2.48. The van der Waals surface area contributed by atoms with E-state index in [4.69, 9.17) is 0 Å². The van der Waals surface area contributed by atoms with Gasteiger partial charge in [-0.2, -0.15) is 0 Å². The van der Waals surface area contributed by atoms with Crippen LogP contribution in [0.1, 0.15) is 54.5 Å². The fourth-order valence-corrected chi connectivity index (χ4v) is 4.35. The van der Waals surface area contributed by atoms with E-state index in [1.807, 2.05) is 0 Å². The van der Waals surface area contributed by atoms with Crippen LogP contribution in [0.5, 0.6) is 0 Å². The molecule has 1 atom stereocenters. The van der Waals surface area contributed by atoms with Gasteiger partial charge in [-0.25, -0.2) is 0 Å². The molecule has 2 nitrogen and oxygen atoms in total. The van der Waals surface area contributed by atoms with Gasteiger partial charge in [0, 0.05) is 19.1 Å². The van der Waals surface area contributed by atoms with Crippen molar-refractivity contribution in [1.29, 1.82) is 0 Å². The van der Waals surface area contributed by atoms with Gasteiger partial charge < -0.3 is 5.11 Å². The Hall–Kier alpha value is -2.42. The Balaban J connectivity index is 1.99. The standard InChI is InChI=1S/C29H37NO/c1-5-29(31,6-2)28(20-25-10-8-7-9-11-25)30(21-26-16-12-23(3)13-17-26)22-27-18-14-24(4)15-19-27/h7-19,28,31H,5-6,20-22H2,1-4H3/t28-/m1/s1. The van der Waals surface area contributed by atoms with Crippen molar-refractivity contribution < 1.29 is 5.11 Å². The first-order chi connectivity index (χ1) is 14.9. The molecule has 0 aliphatic heterocycles. The summed E-state index contributed by atoms with van der Waals surface area (Å²) in [6, 6.07) is 28.2. The topological polar surface area (TPSA) is 23.5 Å². The molecule has 3 rings (SSSR count). The highest BCUT2D eigenvalue weighted by molar-refractivity contribution is 5.24. The number of rotatable bonds is 10. The van der Waals surface area contributed by atoms with Gasteiger partial charge in [-0.1, -0.05) is 104 Å². The van der Waals surface area contributed by atoms with Gasteiger partial charge in [0.15, 0.2) is 0 Å². The zero-order valence-electron chi connectivity index (χ0n) is 19.5. The van der Waals surface area contributed by atoms with E-state index in [9.17, 15) is 5.11 Å². The van der Waals surface area contributed by atoms with Crippen LogP contribution in [0.4, 0.5) is 0 Å². The Morgan fingerprint density at radius 3 is 1.55 bits per heavy atom. The number of aryl methyl sites for hydroxylation is 2. The summed E-state index contributed by atoms with van der Waals surface area (Å²) in [7, 11) is 0. The van der Waals surface area contributed by atoms with E-state index in [2.05, 4.69) is 111 Å². The van der Waals surface area contributed by atoms with Crippen molar-refractivity contribution >= 4 is 0 Å². The van der Waals surface area contributed by atoms with Gasteiger partial charge in [-0.15, -0.1) is 0 Å². The Morgan fingerprint density at radius 2 is 1.13 bits per heavy atom. The summed E-state index contributed by atoms with van der Waals surface area (Å²) in [6.45, 7) is 10.1. The number of benzene rings is 3. The lowest BCUT2D eigenvalue weighted by Gasteiger charge is -2.43. The molecule has 164 valence electrons. The summed E-state index contributed by atoms with van der Waals surface area (Å²) >= 11 is 0. The van der Waals surface area contributed by atoms with E-state index >= 15 is 0 Å². The van der Waals surface area contributed by atoms with Gasteiger partial charge in [0.1, 0.15) is 0 Å². The maximum absolute atomic E-state index is 11.7. The van der Waals surface area contributed by atoms with E-state index in [-0.39, 0.29) is 6.04 Å². The highest BCUT2D eigenvalue weighted by Gasteiger charge is 2.37. The quantitative estimate of drug-likeness (QED) is 0.410. The third kappa shape index (κ3) is 6.29. The van der Waals surface area contributed by atoms with Crippen molar-refractivity contribution in [3.05, 3.63) is 107 Å². The second kappa shape index (κ2) is 10.7. The molecule has 3 aromatic rings. The molecule has 0 aliphatic carbocycles. The summed E-state index contributed by atoms with van der Waals surface area (Å²) in [6.07, 6.45) is 2.30. The van der Waals surface area contributed by atoms with Crippen LogP contribution >= 0.6 is 0 Å². The minimum absolute atomic E-state index is 0.0208. The van der Waals surface area contributed by atoms with E-state index in [0.29, 0.717) is 0 Å². The Morgan fingerprint density at radius 1 is 0.677 bits per heavy atom. The maximum Gasteiger partial charge on any atom is 0.0800 e. The molecule has 3 aromatic carbocycles. The van der Waals surface area contributed by atoms with Crippen LogP contribution in [0, 0.1) is 13.8 Å². The van der Waals surface area contributed by atoms with Crippen molar-refractivity contribution in [2.24, 2.45) is 0 Å². The molecule has 0 unspecified atom stereocenters. The number of hydrogen-bond acceptors (Lipinski definition) is 2. The fourth-order valence-electron chi connectivity index (χ4n) is 4.35. The Bertz CT molecular complexity index is 864. The highest BCUT2D eigenvalue weighted by atomic mass is 16.3. The molecule has 2 heteroatoms. The molecule has 31 heavy (non-hydrogen) atoms. The van der Waals surface area contributed by atoms with Crippen LogP contribution in [-0.4, -0.2) is 21.6 Å². The number of hydrogen-bond donors (Lipinski definition) is 1. The first-order valence-electron chi connectivity index (χ1n) is 11.5. The van der Waals surface area contributed by atoms with Gasteiger partial charge in [0.25, 0.3) is 0 Å². The largest absolute Gasteiger partial charge is 0.388 e. The Kier molecular flexibility index (Phi) is 8.06. The zero-order valence-corrected chi connectivity index (χ0v) is 19.5. The van der Waals surface area contributed by atoms with Gasteiger partial charge in [-0.05, 0) is 49.8 Å². The van der Waals surface area contributed by atoms with E-state index in [0.717, 1.165) is 32.4 Å². The predicted octanol–water partition coefficient (Wildman–Crippen LogP) is 6.47. The smallest absolute Gasteiger partial charge is 0.0800 e. The minimum Gasteiger partial charge on any atom is -0.388 e. The van der Waals surface area contributed by atoms with Crippen LogP contribution in [0.2, 0.25) is 0 Å². The van der Waals surface area contributed by atoms with Gasteiger partial charge in [-0.3, -0.25) is 4.90 Å². The van der Waals surface area contributed by atoms with Gasteiger partial charge in [0.2, 0.25) is 0 Å². The minimum atomic E-state index is -0.745. The Labute approximate surface area is 188 Å². The lowest BCUT2D eigenvalue weighted by molar-refractivity contribution is -0.0598. The highest BCUT2D eigenvalue weighted by Crippen LogP contribution is 2.30. The van der Waals surface area contributed by atoms with Crippen molar-refractivity contribution in [2.75, 3.05) is 0 Å². The molecule has 0 spiro atoms. The van der Waals surface area contributed by atoms with Crippen LogP contribution < -0.4 is 0 Å². The van der Waals surface area contributed by atoms with Crippen molar-refractivity contribution in [3.63, 3.8) is 0 Å². The van der Waals surface area contributed by atoms with E-state index in [1.54, 1.807) is 0 Å². The maximum atomic E-state index is 11.7. The first-order valence-corrected chi connectivity index (χ1v) is 11.5. The molecule has 0 fully saturated rings. The molecule has 0 aliphatic rings. The monoisotopic (exact) mass is 415 g/mol. The summed E-state index contributed by atoms with van der Waals surface area (Å²) in [5, 5.41) is 11.7. The molecule has 0 saturated carbocycles. The SMILES string of the molecule is CCC(O)(CC)[C@@H](Cc1ccccc1)N(Cc1ccc(C)cc1)Cc1ccc(C)cc1. The second-order valence-corrected chi connectivity index (χ2v) is 8.89. The van der Waals surface area contributed by atoms with E-state index < -0.39 is 5.60 Å². The zero-order chi connectivity index (χ0) is 22.3.